The predicted molar refractivity (Wildman–Crippen MR) is 89.6 cm³/mol. The highest BCUT2D eigenvalue weighted by Crippen LogP contribution is 2.37. The predicted octanol–water partition coefficient (Wildman–Crippen LogP) is 2.60. The smallest absolute Gasteiger partial charge is 0.334 e. The second kappa shape index (κ2) is 6.55. The van der Waals surface area contributed by atoms with Crippen molar-refractivity contribution in [2.24, 2.45) is 7.05 Å². The summed E-state index contributed by atoms with van der Waals surface area (Å²) < 4.78 is 40.2. The Balaban J connectivity index is 1.54. The number of nitrogens with zero attached hydrogens (tertiary/aromatic N) is 4. The molecule has 0 saturated carbocycles. The maximum Gasteiger partial charge on any atom is 0.406 e. The van der Waals surface area contributed by atoms with Crippen LogP contribution >= 0.6 is 0 Å². The van der Waals surface area contributed by atoms with Crippen LogP contribution in [0.15, 0.2) is 0 Å². The van der Waals surface area contributed by atoms with Crippen LogP contribution in [0.4, 0.5) is 13.2 Å². The van der Waals surface area contributed by atoms with Crippen LogP contribution in [0.5, 0.6) is 0 Å². The van der Waals surface area contributed by atoms with E-state index in [-0.39, 0.29) is 18.5 Å². The minimum absolute atomic E-state index is 0.0328. The number of hydrogen-bond acceptors (Lipinski definition) is 3. The molecule has 0 radical (unpaired) electrons. The fourth-order valence-electron chi connectivity index (χ4n) is 4.85. The monoisotopic (exact) mass is 370 g/mol. The van der Waals surface area contributed by atoms with E-state index >= 15 is 0 Å². The molecule has 0 spiro atoms. The zero-order valence-electron chi connectivity index (χ0n) is 15.1. The number of carbonyl (C=O) groups excluding carboxylic acids is 1. The van der Waals surface area contributed by atoms with Gasteiger partial charge in [0, 0.05) is 19.3 Å². The molecule has 26 heavy (non-hydrogen) atoms. The largest absolute Gasteiger partial charge is 0.406 e. The van der Waals surface area contributed by atoms with E-state index in [1.54, 1.807) is 0 Å². The van der Waals surface area contributed by atoms with Crippen LogP contribution in [0, 0.1) is 0 Å². The third kappa shape index (κ3) is 3.12. The fraction of sp³-hybridized carbons (Fsp3) is 0.778. The van der Waals surface area contributed by atoms with Gasteiger partial charge in [0.25, 0.3) is 0 Å². The summed E-state index contributed by atoms with van der Waals surface area (Å²) >= 11 is 0. The quantitative estimate of drug-likeness (QED) is 0.821. The molecule has 2 saturated heterocycles. The fourth-order valence-corrected chi connectivity index (χ4v) is 4.85. The zero-order valence-corrected chi connectivity index (χ0v) is 15.1. The van der Waals surface area contributed by atoms with Crippen LogP contribution in [-0.4, -0.2) is 57.1 Å². The highest BCUT2D eigenvalue weighted by atomic mass is 19.4. The Kier molecular flexibility index (Phi) is 4.49. The number of likely N-dealkylation sites (tertiary alicyclic amines) is 2. The highest BCUT2D eigenvalue weighted by molar-refractivity contribution is 5.84. The molecular weight excluding hydrogens is 345 g/mol. The molecule has 0 unspecified atom stereocenters. The van der Waals surface area contributed by atoms with Crippen molar-refractivity contribution in [1.29, 1.82) is 0 Å². The van der Waals surface area contributed by atoms with Crippen molar-refractivity contribution in [3.8, 4) is 0 Å². The molecule has 144 valence electrons. The normalized spacial score (nSPS) is 27.4. The summed E-state index contributed by atoms with van der Waals surface area (Å²) in [5, 5.41) is 0. The average Bonchev–Trinajstić information content (AvgIpc) is 3.26. The molecule has 3 heterocycles. The van der Waals surface area contributed by atoms with Crippen molar-refractivity contribution in [2.45, 2.75) is 63.2 Å². The van der Waals surface area contributed by atoms with Gasteiger partial charge in [-0.1, -0.05) is 0 Å². The van der Waals surface area contributed by atoms with Crippen LogP contribution < -0.4 is 0 Å². The summed E-state index contributed by atoms with van der Waals surface area (Å²) in [5.74, 6) is 0.602. The lowest BCUT2D eigenvalue weighted by Gasteiger charge is -2.29. The summed E-state index contributed by atoms with van der Waals surface area (Å²) in [5.41, 5.74) is 2.45. The summed E-state index contributed by atoms with van der Waals surface area (Å²) in [6, 6.07) is -0.413. The summed E-state index contributed by atoms with van der Waals surface area (Å²) in [6.45, 7) is -0.209. The molecule has 8 heteroatoms. The molecule has 3 aliphatic rings. The maximum atomic E-state index is 12.7. The lowest BCUT2D eigenvalue weighted by molar-refractivity contribution is -0.159. The molecule has 1 aromatic heterocycles. The van der Waals surface area contributed by atoms with E-state index in [2.05, 4.69) is 9.47 Å². The van der Waals surface area contributed by atoms with Crippen LogP contribution in [-0.2, 0) is 24.7 Å². The van der Waals surface area contributed by atoms with Crippen molar-refractivity contribution < 1.29 is 18.0 Å². The van der Waals surface area contributed by atoms with Gasteiger partial charge in [0.05, 0.1) is 17.8 Å². The molecular formula is C18H25F3N4O. The van der Waals surface area contributed by atoms with Crippen LogP contribution in [0.1, 0.15) is 55.4 Å². The number of imidazole rings is 1. The van der Waals surface area contributed by atoms with E-state index in [4.69, 9.17) is 4.98 Å². The van der Waals surface area contributed by atoms with E-state index in [1.165, 1.54) is 12.1 Å². The first-order chi connectivity index (χ1) is 12.3. The molecule has 0 N–H and O–H groups in total. The molecule has 1 aliphatic carbocycles. The van der Waals surface area contributed by atoms with Crippen molar-refractivity contribution in [3.05, 3.63) is 17.2 Å². The van der Waals surface area contributed by atoms with Gasteiger partial charge < -0.3 is 9.47 Å². The Labute approximate surface area is 151 Å². The SMILES string of the molecule is Cn1c([C@@H]2CCCN2[C@H]2CCN(CC(F)(F)F)C2=O)nc2c1CCCC2. The molecule has 2 aliphatic heterocycles. The van der Waals surface area contributed by atoms with E-state index in [1.807, 2.05) is 7.05 Å². The summed E-state index contributed by atoms with van der Waals surface area (Å²) in [4.78, 5) is 20.5. The van der Waals surface area contributed by atoms with Crippen molar-refractivity contribution >= 4 is 5.91 Å². The molecule has 2 fully saturated rings. The van der Waals surface area contributed by atoms with Gasteiger partial charge in [-0.25, -0.2) is 4.98 Å². The molecule has 5 nitrogen and oxygen atoms in total. The highest BCUT2D eigenvalue weighted by Gasteiger charge is 2.45. The van der Waals surface area contributed by atoms with Crippen molar-refractivity contribution in [2.75, 3.05) is 19.6 Å². The minimum atomic E-state index is -4.34. The number of fused-ring (bicyclic) bond motifs is 1. The Bertz CT molecular complexity index is 699. The van der Waals surface area contributed by atoms with E-state index in [0.29, 0.717) is 6.42 Å². The van der Waals surface area contributed by atoms with Gasteiger partial charge in [0.1, 0.15) is 12.4 Å². The topological polar surface area (TPSA) is 41.4 Å². The Morgan fingerprint density at radius 1 is 1.08 bits per heavy atom. The first-order valence-corrected chi connectivity index (χ1v) is 9.51. The second-order valence-electron chi connectivity index (χ2n) is 7.70. The van der Waals surface area contributed by atoms with Crippen molar-refractivity contribution in [1.82, 2.24) is 19.4 Å². The lowest BCUT2D eigenvalue weighted by atomic mass is 10.0. The average molecular weight is 370 g/mol. The number of alkyl halides is 3. The molecule has 1 amide bonds. The zero-order chi connectivity index (χ0) is 18.5. The van der Waals surface area contributed by atoms with Gasteiger partial charge in [0.15, 0.2) is 0 Å². The number of carbonyl (C=O) groups is 1. The van der Waals surface area contributed by atoms with Gasteiger partial charge in [-0.3, -0.25) is 9.69 Å². The van der Waals surface area contributed by atoms with Gasteiger partial charge in [-0.15, -0.1) is 0 Å². The third-order valence-corrected chi connectivity index (χ3v) is 6.04. The maximum absolute atomic E-state index is 12.7. The number of aryl methyl sites for hydroxylation is 1. The Hall–Kier alpha value is -1.57. The van der Waals surface area contributed by atoms with E-state index in [9.17, 15) is 18.0 Å². The van der Waals surface area contributed by atoms with Gasteiger partial charge >= 0.3 is 6.18 Å². The number of amides is 1. The summed E-state index contributed by atoms with van der Waals surface area (Å²) in [6.07, 6.45) is 2.35. The molecule has 1 aromatic rings. The Morgan fingerprint density at radius 2 is 1.85 bits per heavy atom. The molecule has 4 rings (SSSR count). The van der Waals surface area contributed by atoms with E-state index in [0.717, 1.165) is 55.1 Å². The van der Waals surface area contributed by atoms with Crippen LogP contribution in [0.3, 0.4) is 0 Å². The first kappa shape index (κ1) is 17.8. The van der Waals surface area contributed by atoms with Gasteiger partial charge in [0.2, 0.25) is 5.91 Å². The van der Waals surface area contributed by atoms with Gasteiger partial charge in [-0.05, 0) is 51.5 Å². The molecule has 0 aromatic carbocycles. The number of aromatic nitrogens is 2. The lowest BCUT2D eigenvalue weighted by Crippen LogP contribution is -2.44. The minimum Gasteiger partial charge on any atom is -0.334 e. The Morgan fingerprint density at radius 3 is 2.58 bits per heavy atom. The molecule has 2 atom stereocenters. The first-order valence-electron chi connectivity index (χ1n) is 9.51. The summed E-state index contributed by atoms with van der Waals surface area (Å²) in [7, 11) is 2.04. The molecule has 0 bridgehead atoms. The second-order valence-corrected chi connectivity index (χ2v) is 7.70. The van der Waals surface area contributed by atoms with E-state index < -0.39 is 18.8 Å². The number of rotatable bonds is 3. The van der Waals surface area contributed by atoms with Crippen LogP contribution in [0.25, 0.3) is 0 Å². The van der Waals surface area contributed by atoms with Gasteiger partial charge in [-0.2, -0.15) is 13.2 Å². The standard InChI is InChI=1S/C18H25F3N4O/c1-23-13-6-3-2-5-12(13)22-16(23)14-7-4-9-25(14)15-8-10-24(17(15)26)11-18(19,20)21/h14-15H,2-11H2,1H3/t14-,15-/m0/s1. The van der Waals surface area contributed by atoms with Crippen LogP contribution in [0.2, 0.25) is 0 Å². The number of hydrogen-bond donors (Lipinski definition) is 0. The number of halogens is 3. The van der Waals surface area contributed by atoms with Crippen molar-refractivity contribution in [3.63, 3.8) is 0 Å². The third-order valence-electron chi connectivity index (χ3n) is 6.04.